The molecule has 0 heterocycles. The first-order chi connectivity index (χ1) is 28.3. The molecule has 1 heteroatoms. The predicted molar refractivity (Wildman–Crippen MR) is 243 cm³/mol. The molecule has 0 amide bonds. The summed E-state index contributed by atoms with van der Waals surface area (Å²) in [6.45, 7) is 0. The van der Waals surface area contributed by atoms with Gasteiger partial charge in [-0.2, -0.15) is 0 Å². The van der Waals surface area contributed by atoms with Gasteiger partial charge < -0.3 is 4.90 Å². The van der Waals surface area contributed by atoms with E-state index in [4.69, 9.17) is 0 Å². The van der Waals surface area contributed by atoms with Gasteiger partial charge in [0.25, 0.3) is 0 Å². The van der Waals surface area contributed by atoms with Crippen molar-refractivity contribution in [3.63, 3.8) is 0 Å². The number of para-hydroxylation sites is 2. The lowest BCUT2D eigenvalue weighted by Gasteiger charge is -2.32. The van der Waals surface area contributed by atoms with E-state index in [9.17, 15) is 0 Å². The Kier molecular flexibility index (Phi) is 8.95. The van der Waals surface area contributed by atoms with Crippen LogP contribution < -0.4 is 4.90 Å². The van der Waals surface area contributed by atoms with E-state index in [0.717, 1.165) is 44.9 Å². The number of fused-ring (bicyclic) bond motifs is 2. The highest BCUT2D eigenvalue weighted by molar-refractivity contribution is 6.10. The van der Waals surface area contributed by atoms with E-state index >= 15 is 0 Å². The molecule has 0 unspecified atom stereocenters. The smallest absolute Gasteiger partial charge is 0.0546 e. The average molecular weight is 726 g/mol. The Hall–Kier alpha value is -7.48. The summed E-state index contributed by atoms with van der Waals surface area (Å²) in [6.07, 6.45) is 0. The third-order valence-electron chi connectivity index (χ3n) is 11.1. The summed E-state index contributed by atoms with van der Waals surface area (Å²) >= 11 is 0. The zero-order valence-electron chi connectivity index (χ0n) is 31.5. The number of hydrogen-bond acceptors (Lipinski definition) is 1. The fraction of sp³-hybridized carbons (Fsp3) is 0. The van der Waals surface area contributed by atoms with Crippen LogP contribution in [0.3, 0.4) is 0 Å². The van der Waals surface area contributed by atoms with Crippen LogP contribution >= 0.6 is 0 Å². The van der Waals surface area contributed by atoms with Crippen LogP contribution in [0.2, 0.25) is 0 Å². The standard InChI is InChI=1S/C56H39N/c1-4-19-40(20-5-1)45-37-38-47(42-21-6-2-7-22-42)55(39-45)57(53-35-14-12-30-50(53)49-33-16-26-41-25-10-11-29-46(41)49)54-36-15-13-31-51(54)52-34-18-28-44-27-17-32-48(56(44)52)43-23-8-3-9-24-43/h1-39H. The van der Waals surface area contributed by atoms with Crippen LogP contribution in [0.25, 0.3) is 77.2 Å². The number of nitrogens with zero attached hydrogens (tertiary/aromatic N) is 1. The monoisotopic (exact) mass is 725 g/mol. The van der Waals surface area contributed by atoms with Gasteiger partial charge >= 0.3 is 0 Å². The molecule has 0 radical (unpaired) electrons. The summed E-state index contributed by atoms with van der Waals surface area (Å²) in [6, 6.07) is 85.8. The summed E-state index contributed by atoms with van der Waals surface area (Å²) in [5.41, 5.74) is 15.1. The highest BCUT2D eigenvalue weighted by atomic mass is 15.1. The fourth-order valence-electron chi connectivity index (χ4n) is 8.45. The van der Waals surface area contributed by atoms with E-state index in [1.165, 1.54) is 49.4 Å². The van der Waals surface area contributed by atoms with Gasteiger partial charge in [-0.1, -0.05) is 218 Å². The normalized spacial score (nSPS) is 11.2. The molecule has 0 atom stereocenters. The van der Waals surface area contributed by atoms with Crippen molar-refractivity contribution in [3.8, 4) is 55.6 Å². The molecule has 10 aromatic rings. The molecule has 0 N–H and O–H groups in total. The van der Waals surface area contributed by atoms with Crippen LogP contribution in [0.4, 0.5) is 17.1 Å². The summed E-state index contributed by atoms with van der Waals surface area (Å²) in [5.74, 6) is 0. The molecule has 0 saturated heterocycles. The number of hydrogen-bond donors (Lipinski definition) is 0. The number of benzene rings is 10. The van der Waals surface area contributed by atoms with Gasteiger partial charge in [0.1, 0.15) is 0 Å². The van der Waals surface area contributed by atoms with Crippen molar-refractivity contribution in [3.05, 3.63) is 237 Å². The lowest BCUT2D eigenvalue weighted by atomic mass is 9.89. The van der Waals surface area contributed by atoms with Crippen molar-refractivity contribution in [2.45, 2.75) is 0 Å². The highest BCUT2D eigenvalue weighted by Gasteiger charge is 2.25. The maximum atomic E-state index is 2.52. The van der Waals surface area contributed by atoms with E-state index in [1.54, 1.807) is 0 Å². The molecule has 0 aliphatic rings. The van der Waals surface area contributed by atoms with Gasteiger partial charge in [-0.15, -0.1) is 0 Å². The summed E-state index contributed by atoms with van der Waals surface area (Å²) in [5, 5.41) is 4.89. The first-order valence-electron chi connectivity index (χ1n) is 19.6. The second kappa shape index (κ2) is 15.0. The van der Waals surface area contributed by atoms with E-state index in [2.05, 4.69) is 241 Å². The van der Waals surface area contributed by atoms with Gasteiger partial charge in [-0.3, -0.25) is 0 Å². The molecule has 0 aromatic heterocycles. The van der Waals surface area contributed by atoms with Gasteiger partial charge in [0.05, 0.1) is 17.1 Å². The number of rotatable bonds is 8. The molecular weight excluding hydrogens is 687 g/mol. The first kappa shape index (κ1) is 34.0. The average Bonchev–Trinajstić information content (AvgIpc) is 3.30. The molecule has 0 aliphatic carbocycles. The lowest BCUT2D eigenvalue weighted by molar-refractivity contribution is 1.28. The topological polar surface area (TPSA) is 3.24 Å². The maximum absolute atomic E-state index is 2.52. The maximum Gasteiger partial charge on any atom is 0.0546 e. The van der Waals surface area contributed by atoms with Crippen molar-refractivity contribution in [2.24, 2.45) is 0 Å². The van der Waals surface area contributed by atoms with Gasteiger partial charge in [0.15, 0.2) is 0 Å². The fourth-order valence-corrected chi connectivity index (χ4v) is 8.45. The van der Waals surface area contributed by atoms with Crippen LogP contribution in [-0.4, -0.2) is 0 Å². The van der Waals surface area contributed by atoms with Crippen LogP contribution in [0.15, 0.2) is 237 Å². The van der Waals surface area contributed by atoms with Crippen molar-refractivity contribution < 1.29 is 0 Å². The Labute approximate surface area is 334 Å². The molecule has 0 saturated carbocycles. The summed E-state index contributed by atoms with van der Waals surface area (Å²) in [4.78, 5) is 2.52. The minimum Gasteiger partial charge on any atom is -0.309 e. The minimum absolute atomic E-state index is 1.10. The van der Waals surface area contributed by atoms with E-state index in [0.29, 0.717) is 0 Å². The van der Waals surface area contributed by atoms with Crippen molar-refractivity contribution >= 4 is 38.6 Å². The number of anilines is 3. The molecule has 268 valence electrons. The molecule has 0 spiro atoms. The third-order valence-corrected chi connectivity index (χ3v) is 11.1. The summed E-state index contributed by atoms with van der Waals surface area (Å²) < 4.78 is 0. The van der Waals surface area contributed by atoms with Gasteiger partial charge in [0, 0.05) is 16.7 Å². The van der Waals surface area contributed by atoms with Gasteiger partial charge in [-0.25, -0.2) is 0 Å². The summed E-state index contributed by atoms with van der Waals surface area (Å²) in [7, 11) is 0. The Morgan fingerprint density at radius 1 is 0.228 bits per heavy atom. The van der Waals surface area contributed by atoms with Crippen molar-refractivity contribution in [1.29, 1.82) is 0 Å². The SMILES string of the molecule is c1ccc(-c2ccc(-c3ccccc3)c(N(c3ccccc3-c3cccc4ccccc34)c3ccccc3-c3cccc4cccc(-c5ccccc5)c34)c2)cc1. The van der Waals surface area contributed by atoms with Crippen molar-refractivity contribution in [2.75, 3.05) is 4.90 Å². The van der Waals surface area contributed by atoms with Gasteiger partial charge in [0.2, 0.25) is 0 Å². The molecule has 10 rings (SSSR count). The molecule has 10 aromatic carbocycles. The Morgan fingerprint density at radius 2 is 0.684 bits per heavy atom. The van der Waals surface area contributed by atoms with Crippen LogP contribution in [0, 0.1) is 0 Å². The Balaban J connectivity index is 1.31. The molecule has 0 bridgehead atoms. The molecule has 1 nitrogen and oxygen atoms in total. The largest absolute Gasteiger partial charge is 0.309 e. The second-order valence-electron chi connectivity index (χ2n) is 14.4. The van der Waals surface area contributed by atoms with E-state index in [1.807, 2.05) is 0 Å². The quantitative estimate of drug-likeness (QED) is 0.151. The molecule has 0 fully saturated rings. The van der Waals surface area contributed by atoms with Crippen molar-refractivity contribution in [1.82, 2.24) is 0 Å². The van der Waals surface area contributed by atoms with Crippen LogP contribution in [-0.2, 0) is 0 Å². The third kappa shape index (κ3) is 6.36. The molecule has 0 aliphatic heterocycles. The molecule has 57 heavy (non-hydrogen) atoms. The second-order valence-corrected chi connectivity index (χ2v) is 14.4. The van der Waals surface area contributed by atoms with E-state index < -0.39 is 0 Å². The Bertz CT molecular complexity index is 2990. The van der Waals surface area contributed by atoms with Crippen LogP contribution in [0.1, 0.15) is 0 Å². The lowest BCUT2D eigenvalue weighted by Crippen LogP contribution is -2.14. The molecular formula is C56H39N. The zero-order valence-corrected chi connectivity index (χ0v) is 31.5. The zero-order chi connectivity index (χ0) is 38.0. The Morgan fingerprint density at radius 3 is 1.35 bits per heavy atom. The minimum atomic E-state index is 1.10. The first-order valence-corrected chi connectivity index (χ1v) is 19.6. The predicted octanol–water partition coefficient (Wildman–Crippen LogP) is 15.8. The van der Waals surface area contributed by atoms with Crippen LogP contribution in [0.5, 0.6) is 0 Å². The highest BCUT2D eigenvalue weighted by Crippen LogP contribution is 2.50. The van der Waals surface area contributed by atoms with Gasteiger partial charge in [-0.05, 0) is 78.7 Å². The van der Waals surface area contributed by atoms with E-state index in [-0.39, 0.29) is 0 Å².